The van der Waals surface area contributed by atoms with Gasteiger partial charge in [0, 0.05) is 45.3 Å². The normalized spacial score (nSPS) is 12.5. The summed E-state index contributed by atoms with van der Waals surface area (Å²) in [7, 11) is 0. The first kappa shape index (κ1) is 42.1. The van der Waals surface area contributed by atoms with Crippen LogP contribution in [0.25, 0.3) is 65.3 Å². The third-order valence-electron chi connectivity index (χ3n) is 15.5. The van der Waals surface area contributed by atoms with Crippen LogP contribution < -0.4 is 31.1 Å². The molecule has 0 fully saturated rings. The zero-order valence-corrected chi connectivity index (χ0v) is 40.5. The maximum atomic E-state index is 2.57. The first-order valence-corrected chi connectivity index (χ1v) is 25.6. The zero-order valence-electron chi connectivity index (χ0n) is 40.5. The number of hydrogen-bond acceptors (Lipinski definition) is 3. The minimum absolute atomic E-state index is 0.0941. The number of fused-ring (bicyclic) bond motifs is 8. The van der Waals surface area contributed by atoms with Crippen LogP contribution in [0, 0.1) is 0 Å². The van der Waals surface area contributed by atoms with Gasteiger partial charge in [-0.1, -0.05) is 218 Å². The molecule has 13 aromatic rings. The molecule has 0 atom stereocenters. The average molecular weight is 940 g/mol. The van der Waals surface area contributed by atoms with Crippen molar-refractivity contribution in [3.8, 4) is 22.3 Å². The summed E-state index contributed by atoms with van der Waals surface area (Å²) in [6.07, 6.45) is 0. The molecule has 0 aliphatic carbocycles. The Hall–Kier alpha value is -9.64. The maximum Gasteiger partial charge on any atom is 0.252 e. The monoisotopic (exact) mass is 939 g/mol. The van der Waals surface area contributed by atoms with Crippen molar-refractivity contribution in [2.45, 2.75) is 0 Å². The second-order valence-electron chi connectivity index (χ2n) is 19.7. The van der Waals surface area contributed by atoms with E-state index in [1.54, 1.807) is 0 Å². The van der Waals surface area contributed by atoms with Crippen LogP contribution in [0.1, 0.15) is 0 Å². The molecule has 3 nitrogen and oxygen atoms in total. The molecule has 0 radical (unpaired) electrons. The van der Waals surface area contributed by atoms with E-state index in [9.17, 15) is 0 Å². The van der Waals surface area contributed by atoms with Crippen molar-refractivity contribution < 1.29 is 0 Å². The van der Waals surface area contributed by atoms with Crippen LogP contribution in [0.2, 0.25) is 0 Å². The van der Waals surface area contributed by atoms with Crippen molar-refractivity contribution in [1.82, 2.24) is 0 Å². The van der Waals surface area contributed by atoms with Crippen molar-refractivity contribution >= 4 is 117 Å². The van der Waals surface area contributed by atoms with Gasteiger partial charge in [0.2, 0.25) is 0 Å². The summed E-state index contributed by atoms with van der Waals surface area (Å²) >= 11 is 0. The first-order valence-electron chi connectivity index (χ1n) is 25.6. The van der Waals surface area contributed by atoms with Crippen LogP contribution >= 0.6 is 0 Å². The molecule has 0 saturated heterocycles. The van der Waals surface area contributed by atoms with Gasteiger partial charge in [-0.05, 0) is 131 Å². The van der Waals surface area contributed by atoms with Crippen LogP contribution in [0.3, 0.4) is 0 Å². The molecule has 2 aliphatic rings. The van der Waals surface area contributed by atoms with E-state index < -0.39 is 0 Å². The smallest absolute Gasteiger partial charge is 0.252 e. The summed E-state index contributed by atoms with van der Waals surface area (Å²) in [6.45, 7) is -0.0941. The summed E-state index contributed by atoms with van der Waals surface area (Å²) in [6, 6.07) is 104. The minimum Gasteiger partial charge on any atom is -0.311 e. The highest BCUT2D eigenvalue weighted by molar-refractivity contribution is 7.00. The number of benzene rings is 13. The molecule has 0 aromatic heterocycles. The summed E-state index contributed by atoms with van der Waals surface area (Å²) in [4.78, 5) is 7.67. The summed E-state index contributed by atoms with van der Waals surface area (Å²) < 4.78 is 0. The van der Waals surface area contributed by atoms with Gasteiger partial charge in [-0.3, -0.25) is 0 Å². The van der Waals surface area contributed by atoms with Crippen LogP contribution in [0.4, 0.5) is 51.2 Å². The Balaban J connectivity index is 1.11. The van der Waals surface area contributed by atoms with Crippen LogP contribution in [-0.2, 0) is 0 Å². The fraction of sp³-hybridized carbons (Fsp3) is 0. The number of hydrogen-bond donors (Lipinski definition) is 0. The van der Waals surface area contributed by atoms with Gasteiger partial charge in [-0.25, -0.2) is 0 Å². The highest BCUT2D eigenvalue weighted by atomic mass is 15.2. The molecule has 0 spiro atoms. The highest BCUT2D eigenvalue weighted by Crippen LogP contribution is 2.51. The summed E-state index contributed by atoms with van der Waals surface area (Å²) in [5.41, 5.74) is 18.5. The SMILES string of the molecule is c1ccc(-c2ccccc2N(c2cc3c4c(c2)N(c2ccc5ccccc5c2)c2cc5ccccc5cc2B4c2cc4ccccc4cc2N3c2ccc3ccccc3c2)c2ccccc2-c2ccccc2)cc1. The Morgan fingerprint density at radius 3 is 1.05 bits per heavy atom. The zero-order chi connectivity index (χ0) is 48.7. The van der Waals surface area contributed by atoms with E-state index in [-0.39, 0.29) is 6.71 Å². The lowest BCUT2D eigenvalue weighted by atomic mass is 9.33. The average Bonchev–Trinajstić information content (AvgIpc) is 3.52. The largest absolute Gasteiger partial charge is 0.311 e. The van der Waals surface area contributed by atoms with Crippen LogP contribution in [0.5, 0.6) is 0 Å². The van der Waals surface area contributed by atoms with Crippen molar-refractivity contribution in [2.75, 3.05) is 14.7 Å². The van der Waals surface area contributed by atoms with Crippen molar-refractivity contribution in [2.24, 2.45) is 0 Å². The molecular formula is C70H46BN3. The van der Waals surface area contributed by atoms with Crippen LogP contribution in [0.15, 0.2) is 279 Å². The third-order valence-corrected chi connectivity index (χ3v) is 15.5. The van der Waals surface area contributed by atoms with Crippen LogP contribution in [-0.4, -0.2) is 6.71 Å². The quantitative estimate of drug-likeness (QED) is 0.147. The molecule has 74 heavy (non-hydrogen) atoms. The molecular weight excluding hydrogens is 894 g/mol. The summed E-state index contributed by atoms with van der Waals surface area (Å²) in [5.74, 6) is 0. The van der Waals surface area contributed by atoms with E-state index in [1.807, 2.05) is 0 Å². The molecule has 344 valence electrons. The molecule has 2 aliphatic heterocycles. The van der Waals surface area contributed by atoms with E-state index in [0.29, 0.717) is 0 Å². The second-order valence-corrected chi connectivity index (χ2v) is 19.7. The predicted octanol–water partition coefficient (Wildman–Crippen LogP) is 17.2. The Kier molecular flexibility index (Phi) is 9.67. The molecule has 15 rings (SSSR count). The lowest BCUT2D eigenvalue weighted by molar-refractivity contribution is 1.23. The van der Waals surface area contributed by atoms with E-state index in [2.05, 4.69) is 294 Å². The van der Waals surface area contributed by atoms with Gasteiger partial charge in [-0.15, -0.1) is 0 Å². The van der Waals surface area contributed by atoms with Crippen molar-refractivity contribution in [3.05, 3.63) is 279 Å². The highest BCUT2D eigenvalue weighted by Gasteiger charge is 2.44. The van der Waals surface area contributed by atoms with Gasteiger partial charge in [0.25, 0.3) is 6.71 Å². The van der Waals surface area contributed by atoms with E-state index >= 15 is 0 Å². The van der Waals surface area contributed by atoms with Gasteiger partial charge >= 0.3 is 0 Å². The van der Waals surface area contributed by atoms with E-state index in [4.69, 9.17) is 0 Å². The molecule has 0 N–H and O–H groups in total. The first-order chi connectivity index (χ1) is 36.7. The van der Waals surface area contributed by atoms with Gasteiger partial charge in [0.05, 0.1) is 17.1 Å². The molecule has 2 heterocycles. The van der Waals surface area contributed by atoms with E-state index in [0.717, 1.165) is 62.1 Å². The topological polar surface area (TPSA) is 9.72 Å². The number of anilines is 9. The van der Waals surface area contributed by atoms with Gasteiger partial charge in [-0.2, -0.15) is 0 Å². The Morgan fingerprint density at radius 2 is 0.622 bits per heavy atom. The molecule has 13 aromatic carbocycles. The Bertz CT molecular complexity index is 4080. The van der Waals surface area contributed by atoms with Crippen molar-refractivity contribution in [3.63, 3.8) is 0 Å². The van der Waals surface area contributed by atoms with E-state index in [1.165, 1.54) is 70.9 Å². The standard InChI is InChI=1S/C70H46BN3/c1-3-21-49(22-4-1)60-31-15-17-33-64(60)74(65-34-18-16-32-61(65)50-23-5-2-6-24-50)59-45-68-70-69(46-59)73(58-38-36-48-20-8-10-26-52(48)40-58)67-44-56-30-14-12-28-54(56)42-63(67)71(70)62-41-53-27-11-13-29-55(53)43-66(62)72(68)57-37-35-47-19-7-9-25-51(47)39-57/h1-46H. The fourth-order valence-corrected chi connectivity index (χ4v) is 12.1. The number of para-hydroxylation sites is 2. The minimum atomic E-state index is -0.0941. The lowest BCUT2D eigenvalue weighted by Gasteiger charge is -2.45. The summed E-state index contributed by atoms with van der Waals surface area (Å²) in [5, 5.41) is 9.70. The second kappa shape index (κ2) is 17.0. The molecule has 0 bridgehead atoms. The number of rotatable bonds is 7. The number of nitrogens with zero attached hydrogens (tertiary/aromatic N) is 3. The third kappa shape index (κ3) is 6.76. The lowest BCUT2D eigenvalue weighted by Crippen LogP contribution is -2.61. The van der Waals surface area contributed by atoms with Gasteiger partial charge in [0.15, 0.2) is 0 Å². The molecule has 4 heteroatoms. The molecule has 0 amide bonds. The van der Waals surface area contributed by atoms with Gasteiger partial charge < -0.3 is 14.7 Å². The predicted molar refractivity (Wildman–Crippen MR) is 316 cm³/mol. The fourth-order valence-electron chi connectivity index (χ4n) is 12.1. The van der Waals surface area contributed by atoms with Gasteiger partial charge in [0.1, 0.15) is 0 Å². The Labute approximate surface area is 431 Å². The Morgan fingerprint density at radius 1 is 0.270 bits per heavy atom. The molecule has 0 saturated carbocycles. The van der Waals surface area contributed by atoms with Crippen molar-refractivity contribution in [1.29, 1.82) is 0 Å². The maximum absolute atomic E-state index is 2.57. The molecule has 0 unspecified atom stereocenters.